The maximum absolute atomic E-state index is 12.8. The normalized spacial score (nSPS) is 9.64. The molecule has 0 unspecified atom stereocenters. The molecule has 0 heterocycles. The molecule has 1 aromatic rings. The van der Waals surface area contributed by atoms with Crippen LogP contribution in [0.5, 0.6) is 0 Å². The van der Waals surface area contributed by atoms with Gasteiger partial charge in [0.1, 0.15) is 5.82 Å². The maximum Gasteiger partial charge on any atom is 0.130 e. The van der Waals surface area contributed by atoms with Crippen molar-refractivity contribution in [1.29, 1.82) is 0 Å². The van der Waals surface area contributed by atoms with E-state index in [-0.39, 0.29) is 5.82 Å². The summed E-state index contributed by atoms with van der Waals surface area (Å²) < 4.78 is 12.8. The molecule has 1 rings (SSSR count). The van der Waals surface area contributed by atoms with Gasteiger partial charge in [0.15, 0.2) is 0 Å². The van der Waals surface area contributed by atoms with Crippen LogP contribution in [0.3, 0.4) is 0 Å². The fraction of sp³-hybridized carbons (Fsp3) is 0.111. The van der Waals surface area contributed by atoms with Crippen LogP contribution >= 0.6 is 0 Å². The van der Waals surface area contributed by atoms with Crippen molar-refractivity contribution in [2.75, 3.05) is 0 Å². The Balaban J connectivity index is 3.12. The largest absolute Gasteiger partial charge is 0.326 e. The molecule has 2 heteroatoms. The van der Waals surface area contributed by atoms with Crippen LogP contribution < -0.4 is 5.73 Å². The number of hydrogen-bond acceptors (Lipinski definition) is 1. The van der Waals surface area contributed by atoms with Gasteiger partial charge in [-0.25, -0.2) is 4.39 Å². The Morgan fingerprint density at radius 1 is 1.55 bits per heavy atom. The van der Waals surface area contributed by atoms with Crippen LogP contribution in [-0.4, -0.2) is 0 Å². The predicted molar refractivity (Wildman–Crippen MR) is 44.4 cm³/mol. The molecule has 0 aliphatic carbocycles. The van der Waals surface area contributed by atoms with Gasteiger partial charge in [-0.15, -0.1) is 0 Å². The van der Waals surface area contributed by atoms with Crippen molar-refractivity contribution in [2.45, 2.75) is 6.54 Å². The smallest absolute Gasteiger partial charge is 0.130 e. The third-order valence-electron chi connectivity index (χ3n) is 1.52. The summed E-state index contributed by atoms with van der Waals surface area (Å²) in [7, 11) is 0. The minimum atomic E-state index is -0.253. The van der Waals surface area contributed by atoms with Gasteiger partial charge in [0.25, 0.3) is 0 Å². The molecule has 0 saturated heterocycles. The molecule has 0 bridgehead atoms. The topological polar surface area (TPSA) is 26.0 Å². The molecule has 0 saturated carbocycles. The Bertz CT molecular complexity index is 268. The summed E-state index contributed by atoms with van der Waals surface area (Å²) in [5, 5.41) is 0. The second-order valence-corrected chi connectivity index (χ2v) is 2.26. The van der Waals surface area contributed by atoms with E-state index in [9.17, 15) is 4.39 Å². The van der Waals surface area contributed by atoms with Crippen molar-refractivity contribution in [2.24, 2.45) is 5.73 Å². The molecule has 1 aromatic carbocycles. The fourth-order valence-corrected chi connectivity index (χ4v) is 0.877. The standard InChI is InChI=1S/C9H10FN/c1-2-8-5-7(6-11)3-4-9(8)10/h2-5H,1,6,11H2. The molecule has 0 fully saturated rings. The van der Waals surface area contributed by atoms with Crippen molar-refractivity contribution in [3.8, 4) is 0 Å². The van der Waals surface area contributed by atoms with Crippen molar-refractivity contribution in [1.82, 2.24) is 0 Å². The lowest BCUT2D eigenvalue weighted by molar-refractivity contribution is 0.624. The van der Waals surface area contributed by atoms with Gasteiger partial charge in [-0.3, -0.25) is 0 Å². The van der Waals surface area contributed by atoms with Crippen LogP contribution in [0.4, 0.5) is 4.39 Å². The van der Waals surface area contributed by atoms with Gasteiger partial charge in [0.2, 0.25) is 0 Å². The van der Waals surface area contributed by atoms with Gasteiger partial charge < -0.3 is 5.73 Å². The van der Waals surface area contributed by atoms with E-state index in [1.54, 1.807) is 12.1 Å². The van der Waals surface area contributed by atoms with E-state index in [0.717, 1.165) is 5.56 Å². The highest BCUT2D eigenvalue weighted by molar-refractivity contribution is 5.48. The zero-order valence-electron chi connectivity index (χ0n) is 6.18. The van der Waals surface area contributed by atoms with E-state index >= 15 is 0 Å². The fourth-order valence-electron chi connectivity index (χ4n) is 0.877. The highest BCUT2D eigenvalue weighted by Crippen LogP contribution is 2.10. The van der Waals surface area contributed by atoms with Crippen molar-refractivity contribution in [3.05, 3.63) is 41.7 Å². The summed E-state index contributed by atoms with van der Waals surface area (Å²) in [5.41, 5.74) is 6.79. The molecule has 11 heavy (non-hydrogen) atoms. The molecule has 0 atom stereocenters. The van der Waals surface area contributed by atoms with Crippen LogP contribution in [0, 0.1) is 5.82 Å². The molecule has 0 aliphatic heterocycles. The Labute approximate surface area is 65.3 Å². The predicted octanol–water partition coefficient (Wildman–Crippen LogP) is 1.93. The Morgan fingerprint density at radius 2 is 2.27 bits per heavy atom. The average Bonchev–Trinajstić information content (AvgIpc) is 2.05. The van der Waals surface area contributed by atoms with E-state index in [4.69, 9.17) is 5.73 Å². The van der Waals surface area contributed by atoms with Crippen molar-refractivity contribution in [3.63, 3.8) is 0 Å². The number of rotatable bonds is 2. The summed E-state index contributed by atoms with van der Waals surface area (Å²) in [6.07, 6.45) is 1.48. The molecule has 0 aliphatic rings. The minimum absolute atomic E-state index is 0.253. The molecule has 1 nitrogen and oxygen atoms in total. The summed E-state index contributed by atoms with van der Waals surface area (Å²) in [5.74, 6) is -0.253. The Hall–Kier alpha value is -1.15. The molecule has 0 aromatic heterocycles. The first-order valence-electron chi connectivity index (χ1n) is 3.39. The second-order valence-electron chi connectivity index (χ2n) is 2.26. The van der Waals surface area contributed by atoms with Gasteiger partial charge in [0, 0.05) is 12.1 Å². The SMILES string of the molecule is C=Cc1cc(CN)ccc1F. The number of benzene rings is 1. The number of nitrogens with two attached hydrogens (primary N) is 1. The summed E-state index contributed by atoms with van der Waals surface area (Å²) in [6, 6.07) is 4.77. The lowest BCUT2D eigenvalue weighted by atomic mass is 10.1. The van der Waals surface area contributed by atoms with Crippen LogP contribution in [0.2, 0.25) is 0 Å². The maximum atomic E-state index is 12.8. The first-order valence-corrected chi connectivity index (χ1v) is 3.39. The number of hydrogen-bond donors (Lipinski definition) is 1. The van der Waals surface area contributed by atoms with E-state index in [2.05, 4.69) is 6.58 Å². The van der Waals surface area contributed by atoms with E-state index in [0.29, 0.717) is 12.1 Å². The molecular weight excluding hydrogens is 141 g/mol. The third-order valence-corrected chi connectivity index (χ3v) is 1.52. The van der Waals surface area contributed by atoms with Crippen LogP contribution in [0.15, 0.2) is 24.8 Å². The Kier molecular flexibility index (Phi) is 2.39. The minimum Gasteiger partial charge on any atom is -0.326 e. The third kappa shape index (κ3) is 1.65. The van der Waals surface area contributed by atoms with Gasteiger partial charge in [0.05, 0.1) is 0 Å². The van der Waals surface area contributed by atoms with Gasteiger partial charge in [-0.2, -0.15) is 0 Å². The Morgan fingerprint density at radius 3 is 2.82 bits per heavy atom. The summed E-state index contributed by atoms with van der Waals surface area (Å²) >= 11 is 0. The quantitative estimate of drug-likeness (QED) is 0.686. The monoisotopic (exact) mass is 151 g/mol. The van der Waals surface area contributed by atoms with Crippen molar-refractivity contribution >= 4 is 6.08 Å². The summed E-state index contributed by atoms with van der Waals surface area (Å²) in [4.78, 5) is 0. The van der Waals surface area contributed by atoms with E-state index < -0.39 is 0 Å². The van der Waals surface area contributed by atoms with Crippen LogP contribution in [0.25, 0.3) is 6.08 Å². The lowest BCUT2D eigenvalue weighted by Crippen LogP contribution is -1.96. The van der Waals surface area contributed by atoms with Crippen molar-refractivity contribution < 1.29 is 4.39 Å². The molecule has 0 spiro atoms. The number of halogens is 1. The van der Waals surface area contributed by atoms with E-state index in [1.165, 1.54) is 12.1 Å². The molecule has 58 valence electrons. The van der Waals surface area contributed by atoms with E-state index in [1.807, 2.05) is 0 Å². The molecule has 0 radical (unpaired) electrons. The second kappa shape index (κ2) is 3.30. The lowest BCUT2D eigenvalue weighted by Gasteiger charge is -1.99. The van der Waals surface area contributed by atoms with Crippen LogP contribution in [-0.2, 0) is 6.54 Å². The summed E-state index contributed by atoms with van der Waals surface area (Å²) in [6.45, 7) is 3.92. The highest BCUT2D eigenvalue weighted by atomic mass is 19.1. The average molecular weight is 151 g/mol. The van der Waals surface area contributed by atoms with Gasteiger partial charge >= 0.3 is 0 Å². The molecule has 2 N–H and O–H groups in total. The first kappa shape index (κ1) is 7.95. The van der Waals surface area contributed by atoms with Crippen LogP contribution in [0.1, 0.15) is 11.1 Å². The molecular formula is C9H10FN. The highest BCUT2D eigenvalue weighted by Gasteiger charge is 1.97. The van der Waals surface area contributed by atoms with Gasteiger partial charge in [-0.05, 0) is 17.7 Å². The first-order chi connectivity index (χ1) is 5.27. The zero-order chi connectivity index (χ0) is 8.27. The van der Waals surface area contributed by atoms with Gasteiger partial charge in [-0.1, -0.05) is 18.7 Å². The zero-order valence-corrected chi connectivity index (χ0v) is 6.18. The molecule has 0 amide bonds.